The molecule has 0 atom stereocenters. The van der Waals surface area contributed by atoms with E-state index < -0.39 is 0 Å². The predicted molar refractivity (Wildman–Crippen MR) is 67.9 cm³/mol. The third-order valence-electron chi connectivity index (χ3n) is 3.43. The van der Waals surface area contributed by atoms with Crippen LogP contribution in [0.1, 0.15) is 42.7 Å². The maximum absolute atomic E-state index is 12.4. The molecule has 1 aliphatic heterocycles. The van der Waals surface area contributed by atoms with Crippen molar-refractivity contribution in [2.45, 2.75) is 33.6 Å². The summed E-state index contributed by atoms with van der Waals surface area (Å²) in [4.78, 5) is 18.5. The van der Waals surface area contributed by atoms with Gasteiger partial charge in [-0.3, -0.25) is 9.78 Å². The molecule has 3 heteroatoms. The Hall–Kier alpha value is -1.38. The SMILES string of the molecule is Cc1ncccc1C(=O)N1CCCC(C)(C)C1. The number of carbonyl (C=O) groups is 1. The molecular formula is C14H20N2O. The summed E-state index contributed by atoms with van der Waals surface area (Å²) in [5, 5.41) is 0. The van der Waals surface area contributed by atoms with Gasteiger partial charge in [-0.25, -0.2) is 0 Å². The lowest BCUT2D eigenvalue weighted by Crippen LogP contribution is -2.43. The molecule has 17 heavy (non-hydrogen) atoms. The van der Waals surface area contributed by atoms with E-state index in [9.17, 15) is 4.79 Å². The van der Waals surface area contributed by atoms with Crippen LogP contribution in [0.2, 0.25) is 0 Å². The van der Waals surface area contributed by atoms with Crippen LogP contribution in [0.4, 0.5) is 0 Å². The zero-order chi connectivity index (χ0) is 12.5. The summed E-state index contributed by atoms with van der Waals surface area (Å²) in [5.41, 5.74) is 1.80. The number of hydrogen-bond donors (Lipinski definition) is 0. The molecule has 0 aliphatic carbocycles. The molecule has 0 spiro atoms. The second-order valence-electron chi connectivity index (χ2n) is 5.63. The number of carbonyl (C=O) groups excluding carboxylic acids is 1. The summed E-state index contributed by atoms with van der Waals surface area (Å²) in [6.45, 7) is 8.06. The molecule has 1 aromatic heterocycles. The largest absolute Gasteiger partial charge is 0.338 e. The summed E-state index contributed by atoms with van der Waals surface area (Å²) in [6, 6.07) is 3.70. The van der Waals surface area contributed by atoms with Crippen molar-refractivity contribution >= 4 is 5.91 Å². The van der Waals surface area contributed by atoms with Crippen LogP contribution in [0, 0.1) is 12.3 Å². The van der Waals surface area contributed by atoms with E-state index in [0.29, 0.717) is 0 Å². The van der Waals surface area contributed by atoms with Crippen LogP contribution in [-0.2, 0) is 0 Å². The Morgan fingerprint density at radius 1 is 1.47 bits per heavy atom. The molecule has 3 nitrogen and oxygen atoms in total. The van der Waals surface area contributed by atoms with E-state index in [-0.39, 0.29) is 11.3 Å². The van der Waals surface area contributed by atoms with Gasteiger partial charge in [0, 0.05) is 25.0 Å². The highest BCUT2D eigenvalue weighted by Crippen LogP contribution is 2.29. The highest BCUT2D eigenvalue weighted by Gasteiger charge is 2.30. The maximum atomic E-state index is 12.4. The number of aryl methyl sites for hydroxylation is 1. The first-order chi connectivity index (χ1) is 7.99. The van der Waals surface area contributed by atoms with Crippen LogP contribution in [-0.4, -0.2) is 28.9 Å². The van der Waals surface area contributed by atoms with Crippen LogP contribution in [0.25, 0.3) is 0 Å². The number of piperidine rings is 1. The number of hydrogen-bond acceptors (Lipinski definition) is 2. The average Bonchev–Trinajstić information content (AvgIpc) is 2.27. The van der Waals surface area contributed by atoms with Gasteiger partial charge >= 0.3 is 0 Å². The monoisotopic (exact) mass is 232 g/mol. The van der Waals surface area contributed by atoms with Crippen molar-refractivity contribution in [3.63, 3.8) is 0 Å². The lowest BCUT2D eigenvalue weighted by atomic mass is 9.84. The summed E-state index contributed by atoms with van der Waals surface area (Å²) < 4.78 is 0. The molecule has 0 bridgehead atoms. The van der Waals surface area contributed by atoms with Gasteiger partial charge < -0.3 is 4.90 Å². The number of amides is 1. The predicted octanol–water partition coefficient (Wildman–Crippen LogP) is 2.65. The van der Waals surface area contributed by atoms with Crippen LogP contribution in [0.5, 0.6) is 0 Å². The Balaban J connectivity index is 2.18. The van der Waals surface area contributed by atoms with E-state index in [1.807, 2.05) is 24.0 Å². The van der Waals surface area contributed by atoms with Gasteiger partial charge in [-0.2, -0.15) is 0 Å². The van der Waals surface area contributed by atoms with E-state index in [2.05, 4.69) is 18.8 Å². The summed E-state index contributed by atoms with van der Waals surface area (Å²) in [6.07, 6.45) is 4.02. The topological polar surface area (TPSA) is 33.2 Å². The Morgan fingerprint density at radius 3 is 2.88 bits per heavy atom. The molecule has 0 saturated carbocycles. The van der Waals surface area contributed by atoms with Gasteiger partial charge in [-0.15, -0.1) is 0 Å². The second kappa shape index (κ2) is 4.47. The fourth-order valence-corrected chi connectivity index (χ4v) is 2.48. The van der Waals surface area contributed by atoms with Crippen LogP contribution < -0.4 is 0 Å². The van der Waals surface area contributed by atoms with Crippen molar-refractivity contribution in [1.29, 1.82) is 0 Å². The first kappa shape index (κ1) is 12.1. The minimum atomic E-state index is 0.128. The lowest BCUT2D eigenvalue weighted by molar-refractivity contribution is 0.0582. The fourth-order valence-electron chi connectivity index (χ4n) is 2.48. The van der Waals surface area contributed by atoms with Gasteiger partial charge in [0.2, 0.25) is 0 Å². The molecule has 92 valence electrons. The van der Waals surface area contributed by atoms with Crippen molar-refractivity contribution in [3.05, 3.63) is 29.6 Å². The van der Waals surface area contributed by atoms with E-state index >= 15 is 0 Å². The zero-order valence-electron chi connectivity index (χ0n) is 10.9. The zero-order valence-corrected chi connectivity index (χ0v) is 10.9. The smallest absolute Gasteiger partial charge is 0.255 e. The molecule has 0 unspecified atom stereocenters. The van der Waals surface area contributed by atoms with Gasteiger partial charge in [-0.05, 0) is 37.3 Å². The Labute approximate surface area is 103 Å². The number of likely N-dealkylation sites (tertiary alicyclic amines) is 1. The molecule has 1 amide bonds. The van der Waals surface area contributed by atoms with Gasteiger partial charge in [0.05, 0.1) is 5.56 Å². The molecule has 0 N–H and O–H groups in total. The first-order valence-electron chi connectivity index (χ1n) is 6.20. The van der Waals surface area contributed by atoms with E-state index in [0.717, 1.165) is 30.8 Å². The number of nitrogens with zero attached hydrogens (tertiary/aromatic N) is 2. The standard InChI is InChI=1S/C14H20N2O/c1-11-12(6-4-8-15-11)13(17)16-9-5-7-14(2,3)10-16/h4,6,8H,5,7,9-10H2,1-3H3. The minimum Gasteiger partial charge on any atom is -0.338 e. The highest BCUT2D eigenvalue weighted by molar-refractivity contribution is 5.95. The number of aromatic nitrogens is 1. The Morgan fingerprint density at radius 2 is 2.24 bits per heavy atom. The average molecular weight is 232 g/mol. The molecule has 0 radical (unpaired) electrons. The first-order valence-corrected chi connectivity index (χ1v) is 6.20. The number of rotatable bonds is 1. The number of pyridine rings is 1. The van der Waals surface area contributed by atoms with Crippen molar-refractivity contribution in [1.82, 2.24) is 9.88 Å². The van der Waals surface area contributed by atoms with Gasteiger partial charge in [0.1, 0.15) is 0 Å². The molecular weight excluding hydrogens is 212 g/mol. The van der Waals surface area contributed by atoms with E-state index in [1.165, 1.54) is 6.42 Å². The molecule has 1 aromatic rings. The Kier molecular flexibility index (Phi) is 3.18. The molecule has 2 heterocycles. The summed E-state index contributed by atoms with van der Waals surface area (Å²) >= 11 is 0. The normalized spacial score (nSPS) is 19.1. The molecule has 2 rings (SSSR count). The third-order valence-corrected chi connectivity index (χ3v) is 3.43. The highest BCUT2D eigenvalue weighted by atomic mass is 16.2. The van der Waals surface area contributed by atoms with E-state index in [4.69, 9.17) is 0 Å². The summed E-state index contributed by atoms with van der Waals surface area (Å²) in [5.74, 6) is 0.128. The summed E-state index contributed by atoms with van der Waals surface area (Å²) in [7, 11) is 0. The quantitative estimate of drug-likeness (QED) is 0.745. The van der Waals surface area contributed by atoms with Gasteiger partial charge in [-0.1, -0.05) is 13.8 Å². The molecule has 1 saturated heterocycles. The van der Waals surface area contributed by atoms with Crippen LogP contribution >= 0.6 is 0 Å². The maximum Gasteiger partial charge on any atom is 0.255 e. The van der Waals surface area contributed by atoms with Crippen molar-refractivity contribution in [2.75, 3.05) is 13.1 Å². The van der Waals surface area contributed by atoms with Crippen LogP contribution in [0.15, 0.2) is 18.3 Å². The lowest BCUT2D eigenvalue weighted by Gasteiger charge is -2.38. The van der Waals surface area contributed by atoms with E-state index in [1.54, 1.807) is 6.20 Å². The van der Waals surface area contributed by atoms with Crippen molar-refractivity contribution in [2.24, 2.45) is 5.41 Å². The third kappa shape index (κ3) is 2.65. The van der Waals surface area contributed by atoms with Crippen molar-refractivity contribution in [3.8, 4) is 0 Å². The molecule has 1 fully saturated rings. The molecule has 1 aliphatic rings. The van der Waals surface area contributed by atoms with Crippen LogP contribution in [0.3, 0.4) is 0 Å². The van der Waals surface area contributed by atoms with Crippen molar-refractivity contribution < 1.29 is 4.79 Å². The van der Waals surface area contributed by atoms with Gasteiger partial charge in [0.15, 0.2) is 0 Å². The minimum absolute atomic E-state index is 0.128. The molecule has 0 aromatic carbocycles. The van der Waals surface area contributed by atoms with Gasteiger partial charge in [0.25, 0.3) is 5.91 Å². The fraction of sp³-hybridized carbons (Fsp3) is 0.571. The second-order valence-corrected chi connectivity index (χ2v) is 5.63. The Bertz CT molecular complexity index is 426.